The third kappa shape index (κ3) is 4.95. The molecule has 2 amide bonds. The van der Waals surface area contributed by atoms with Crippen LogP contribution in [0.5, 0.6) is 0 Å². The number of thioether (sulfide) groups is 1. The largest absolute Gasteiger partial charge is 0.444 e. The quantitative estimate of drug-likeness (QED) is 0.641. The zero-order valence-electron chi connectivity index (χ0n) is 21.1. The molecule has 10 heteroatoms. The molecule has 0 spiro atoms. The molecule has 0 bridgehead atoms. The summed E-state index contributed by atoms with van der Waals surface area (Å²) < 4.78 is 7.64. The molecule has 0 radical (unpaired) electrons. The maximum atomic E-state index is 13.3. The third-order valence-corrected chi connectivity index (χ3v) is 8.09. The maximum Gasteiger partial charge on any atom is 0.411 e. The number of anilines is 1. The van der Waals surface area contributed by atoms with Gasteiger partial charge in [0.05, 0.1) is 11.4 Å². The smallest absolute Gasteiger partial charge is 0.411 e. The molecule has 1 aromatic heterocycles. The van der Waals surface area contributed by atoms with Gasteiger partial charge in [0.15, 0.2) is 5.82 Å². The van der Waals surface area contributed by atoms with E-state index in [0.717, 1.165) is 49.8 Å². The average molecular weight is 501 g/mol. The van der Waals surface area contributed by atoms with E-state index >= 15 is 0 Å². The highest BCUT2D eigenvalue weighted by Gasteiger charge is 2.45. The molecule has 4 heterocycles. The molecular formula is C25H36N6O3S. The number of fused-ring (bicyclic) bond motifs is 1. The number of ether oxygens (including phenoxy) is 1. The second kappa shape index (κ2) is 9.54. The second-order valence-electron chi connectivity index (χ2n) is 10.7. The molecule has 2 atom stereocenters. The molecule has 0 unspecified atom stereocenters. The van der Waals surface area contributed by atoms with Crippen LogP contribution in [0, 0.1) is 0 Å². The number of rotatable bonds is 3. The minimum absolute atomic E-state index is 0.0574. The number of carbonyl (C=O) groups excluding carboxylic acids is 2. The van der Waals surface area contributed by atoms with Crippen molar-refractivity contribution in [3.63, 3.8) is 0 Å². The summed E-state index contributed by atoms with van der Waals surface area (Å²) in [6.45, 7) is 10.4. The van der Waals surface area contributed by atoms with Crippen LogP contribution in [-0.2, 0) is 16.6 Å². The number of hydrogen-bond acceptors (Lipinski definition) is 7. The molecule has 0 aliphatic carbocycles. The summed E-state index contributed by atoms with van der Waals surface area (Å²) in [5.41, 5.74) is 0.541. The first-order chi connectivity index (χ1) is 16.7. The van der Waals surface area contributed by atoms with Gasteiger partial charge < -0.3 is 14.5 Å². The van der Waals surface area contributed by atoms with Gasteiger partial charge in [-0.15, -0.1) is 11.8 Å². The van der Waals surface area contributed by atoms with Crippen LogP contribution >= 0.6 is 11.8 Å². The summed E-state index contributed by atoms with van der Waals surface area (Å²) in [6, 6.07) is 8.03. The van der Waals surface area contributed by atoms with E-state index in [9.17, 15) is 9.59 Å². The van der Waals surface area contributed by atoms with Crippen molar-refractivity contribution in [2.45, 2.75) is 44.9 Å². The number of aryl methyl sites for hydroxylation is 1. The molecule has 3 aliphatic heterocycles. The van der Waals surface area contributed by atoms with Crippen LogP contribution in [-0.4, -0.2) is 105 Å². The lowest BCUT2D eigenvalue weighted by molar-refractivity contribution is -0.134. The zero-order valence-corrected chi connectivity index (χ0v) is 22.0. The van der Waals surface area contributed by atoms with Crippen molar-refractivity contribution in [2.24, 2.45) is 7.05 Å². The van der Waals surface area contributed by atoms with Gasteiger partial charge in [-0.2, -0.15) is 5.10 Å². The number of amides is 2. The van der Waals surface area contributed by atoms with Gasteiger partial charge in [0.25, 0.3) is 0 Å². The SMILES string of the molecule is Cn1nc(N2CCN([C@H]3C[C@@H](C(=O)N4CCSC4)N(C(=O)OC(C)(C)C)C3)CC2)c2ccccc21. The van der Waals surface area contributed by atoms with E-state index in [0.29, 0.717) is 18.8 Å². The summed E-state index contributed by atoms with van der Waals surface area (Å²) >= 11 is 1.77. The highest BCUT2D eigenvalue weighted by molar-refractivity contribution is 7.99. The van der Waals surface area contributed by atoms with Gasteiger partial charge in [-0.05, 0) is 39.3 Å². The van der Waals surface area contributed by atoms with E-state index in [2.05, 4.69) is 28.0 Å². The van der Waals surface area contributed by atoms with Crippen molar-refractivity contribution >= 4 is 40.5 Å². The number of carbonyl (C=O) groups is 2. The van der Waals surface area contributed by atoms with Gasteiger partial charge in [0.1, 0.15) is 11.6 Å². The van der Waals surface area contributed by atoms with Gasteiger partial charge in [-0.1, -0.05) is 12.1 Å². The lowest BCUT2D eigenvalue weighted by Crippen LogP contribution is -2.51. The van der Waals surface area contributed by atoms with Crippen molar-refractivity contribution in [3.05, 3.63) is 24.3 Å². The Hall–Kier alpha value is -2.46. The normalized spacial score (nSPS) is 23.9. The topological polar surface area (TPSA) is 74.2 Å². The Labute approximate surface area is 211 Å². The molecule has 35 heavy (non-hydrogen) atoms. The fraction of sp³-hybridized carbons (Fsp3) is 0.640. The van der Waals surface area contributed by atoms with Crippen LogP contribution < -0.4 is 4.90 Å². The summed E-state index contributed by atoms with van der Waals surface area (Å²) in [7, 11) is 1.99. The molecular weight excluding hydrogens is 464 g/mol. The predicted octanol–water partition coefficient (Wildman–Crippen LogP) is 2.61. The Kier molecular flexibility index (Phi) is 6.61. The molecule has 5 rings (SSSR count). The summed E-state index contributed by atoms with van der Waals surface area (Å²) in [5, 5.41) is 5.96. The number of benzene rings is 1. The van der Waals surface area contributed by atoms with Crippen LogP contribution in [0.1, 0.15) is 27.2 Å². The summed E-state index contributed by atoms with van der Waals surface area (Å²) in [5.74, 6) is 2.75. The Balaban J connectivity index is 1.28. The van der Waals surface area contributed by atoms with Gasteiger partial charge >= 0.3 is 6.09 Å². The Bertz CT molecular complexity index is 1080. The van der Waals surface area contributed by atoms with Crippen LogP contribution in [0.3, 0.4) is 0 Å². The van der Waals surface area contributed by atoms with Crippen molar-refractivity contribution in [2.75, 3.05) is 55.8 Å². The molecule has 1 aromatic carbocycles. The van der Waals surface area contributed by atoms with E-state index < -0.39 is 11.6 Å². The Morgan fingerprint density at radius 2 is 1.83 bits per heavy atom. The fourth-order valence-electron chi connectivity index (χ4n) is 5.36. The number of para-hydroxylation sites is 1. The number of hydrogen-bond donors (Lipinski definition) is 0. The van der Waals surface area contributed by atoms with Gasteiger partial charge in [-0.3, -0.25) is 19.3 Å². The molecule has 9 nitrogen and oxygen atoms in total. The van der Waals surface area contributed by atoms with E-state index in [1.54, 1.807) is 16.7 Å². The van der Waals surface area contributed by atoms with Crippen LogP contribution in [0.4, 0.5) is 10.6 Å². The average Bonchev–Trinajstić information content (AvgIpc) is 3.57. The molecule has 0 N–H and O–H groups in total. The van der Waals surface area contributed by atoms with Crippen molar-refractivity contribution in [3.8, 4) is 0 Å². The first-order valence-electron chi connectivity index (χ1n) is 12.5. The summed E-state index contributed by atoms with van der Waals surface area (Å²) in [6.07, 6.45) is 0.273. The zero-order chi connectivity index (χ0) is 24.7. The first kappa shape index (κ1) is 24.2. The number of likely N-dealkylation sites (tertiary alicyclic amines) is 1. The highest BCUT2D eigenvalue weighted by atomic mass is 32.2. The number of aromatic nitrogens is 2. The van der Waals surface area contributed by atoms with E-state index in [1.807, 2.05) is 43.5 Å². The van der Waals surface area contributed by atoms with Gasteiger partial charge in [0.2, 0.25) is 5.91 Å². The fourth-order valence-corrected chi connectivity index (χ4v) is 6.32. The van der Waals surface area contributed by atoms with Crippen LogP contribution in [0.2, 0.25) is 0 Å². The minimum Gasteiger partial charge on any atom is -0.444 e. The first-order valence-corrected chi connectivity index (χ1v) is 13.6. The molecule has 190 valence electrons. The van der Waals surface area contributed by atoms with E-state index in [-0.39, 0.29) is 18.0 Å². The number of nitrogens with zero attached hydrogens (tertiary/aromatic N) is 6. The van der Waals surface area contributed by atoms with Crippen molar-refractivity contribution < 1.29 is 14.3 Å². The monoisotopic (exact) mass is 500 g/mol. The molecule has 3 fully saturated rings. The van der Waals surface area contributed by atoms with E-state index in [4.69, 9.17) is 9.84 Å². The van der Waals surface area contributed by atoms with Gasteiger partial charge in [0, 0.05) is 63.5 Å². The minimum atomic E-state index is -0.594. The van der Waals surface area contributed by atoms with Crippen molar-refractivity contribution in [1.82, 2.24) is 24.5 Å². The van der Waals surface area contributed by atoms with E-state index in [1.165, 1.54) is 5.39 Å². The Morgan fingerprint density at radius 1 is 1.09 bits per heavy atom. The summed E-state index contributed by atoms with van der Waals surface area (Å²) in [4.78, 5) is 34.8. The maximum absolute atomic E-state index is 13.3. The standard InChI is InChI=1S/C25H36N6O3S/c1-25(2,3)34-24(33)31-16-18(15-21(31)23(32)30-13-14-35-17-30)28-9-11-29(12-10-28)22-19-7-5-6-8-20(19)27(4)26-22/h5-8,18,21H,9-17H2,1-4H3/t18-,21-/m0/s1. The predicted molar refractivity (Wildman–Crippen MR) is 139 cm³/mol. The lowest BCUT2D eigenvalue weighted by Gasteiger charge is -2.38. The van der Waals surface area contributed by atoms with Crippen molar-refractivity contribution in [1.29, 1.82) is 0 Å². The van der Waals surface area contributed by atoms with Crippen LogP contribution in [0.25, 0.3) is 10.9 Å². The lowest BCUT2D eigenvalue weighted by atomic mass is 10.1. The van der Waals surface area contributed by atoms with Crippen LogP contribution in [0.15, 0.2) is 24.3 Å². The molecule has 3 saturated heterocycles. The molecule has 2 aromatic rings. The Morgan fingerprint density at radius 3 is 2.51 bits per heavy atom. The van der Waals surface area contributed by atoms with Gasteiger partial charge in [-0.25, -0.2) is 4.79 Å². The third-order valence-electron chi connectivity index (χ3n) is 7.12. The molecule has 3 aliphatic rings. The number of piperazine rings is 1. The second-order valence-corrected chi connectivity index (χ2v) is 11.7. The highest BCUT2D eigenvalue weighted by Crippen LogP contribution is 2.30. The molecule has 0 saturated carbocycles.